The zero-order valence-corrected chi connectivity index (χ0v) is 22.2. The number of nitrogens with one attached hydrogen (secondary N) is 1. The lowest BCUT2D eigenvalue weighted by atomic mass is 10.00. The summed E-state index contributed by atoms with van der Waals surface area (Å²) in [6.45, 7) is 13.3. The highest BCUT2D eigenvalue weighted by atomic mass is 32.1. The van der Waals surface area contributed by atoms with E-state index >= 15 is 0 Å². The number of rotatable bonds is 9. The monoisotopic (exact) mass is 485 g/mol. The van der Waals surface area contributed by atoms with Crippen molar-refractivity contribution in [1.82, 2.24) is 15.1 Å². The molecule has 1 N–H and O–H groups in total. The van der Waals surface area contributed by atoms with Crippen LogP contribution in [0.5, 0.6) is 5.75 Å². The Labute approximate surface area is 208 Å². The number of carbonyl (C=O) groups excluding carboxylic acids is 2. The predicted molar refractivity (Wildman–Crippen MR) is 139 cm³/mol. The van der Waals surface area contributed by atoms with E-state index in [0.29, 0.717) is 19.1 Å². The molecule has 0 aliphatic carbocycles. The van der Waals surface area contributed by atoms with Gasteiger partial charge in [-0.15, -0.1) is 11.3 Å². The number of hydrogen-bond donors (Lipinski definition) is 1. The summed E-state index contributed by atoms with van der Waals surface area (Å²) < 4.78 is 6.18. The van der Waals surface area contributed by atoms with Crippen LogP contribution in [0.3, 0.4) is 0 Å². The van der Waals surface area contributed by atoms with Crippen LogP contribution < -0.4 is 10.1 Å². The van der Waals surface area contributed by atoms with E-state index in [-0.39, 0.29) is 36.6 Å². The van der Waals surface area contributed by atoms with Crippen molar-refractivity contribution in [3.8, 4) is 5.75 Å². The molecule has 0 bridgehead atoms. The Morgan fingerprint density at radius 2 is 1.85 bits per heavy atom. The van der Waals surface area contributed by atoms with E-state index in [2.05, 4.69) is 42.7 Å². The molecule has 1 aromatic carbocycles. The minimum absolute atomic E-state index is 0.0146. The fourth-order valence-corrected chi connectivity index (χ4v) is 5.14. The van der Waals surface area contributed by atoms with Gasteiger partial charge in [-0.2, -0.15) is 0 Å². The fourth-order valence-electron chi connectivity index (χ4n) is 4.21. The third-order valence-corrected chi connectivity index (χ3v) is 7.47. The number of thiophene rings is 1. The fraction of sp³-hybridized carbons (Fsp3) is 0.556. The molecule has 2 heterocycles. The van der Waals surface area contributed by atoms with E-state index in [9.17, 15) is 9.59 Å². The molecule has 3 rings (SSSR count). The maximum Gasteiger partial charge on any atom is 0.318 e. The summed E-state index contributed by atoms with van der Waals surface area (Å²) in [5, 5.41) is 5.03. The SMILES string of the molecule is CCC(C)N(CC(=O)N1CCc2sccc2C1COc1ccc(C(C)C)cc1)C(=O)NC(C)C. The molecule has 0 saturated carbocycles. The summed E-state index contributed by atoms with van der Waals surface area (Å²) in [7, 11) is 0. The topological polar surface area (TPSA) is 61.9 Å². The van der Waals surface area contributed by atoms with E-state index in [4.69, 9.17) is 4.74 Å². The number of benzene rings is 1. The van der Waals surface area contributed by atoms with Gasteiger partial charge in [0.1, 0.15) is 18.9 Å². The highest BCUT2D eigenvalue weighted by Gasteiger charge is 2.34. The van der Waals surface area contributed by atoms with E-state index in [1.807, 2.05) is 44.7 Å². The lowest BCUT2D eigenvalue weighted by Crippen LogP contribution is -2.53. The van der Waals surface area contributed by atoms with Crippen LogP contribution in [0.1, 0.15) is 75.9 Å². The molecule has 34 heavy (non-hydrogen) atoms. The van der Waals surface area contributed by atoms with Crippen molar-refractivity contribution >= 4 is 23.3 Å². The Kier molecular flexibility index (Phi) is 9.00. The highest BCUT2D eigenvalue weighted by Crippen LogP contribution is 2.34. The van der Waals surface area contributed by atoms with Crippen LogP contribution in [0.2, 0.25) is 0 Å². The maximum absolute atomic E-state index is 13.5. The smallest absolute Gasteiger partial charge is 0.318 e. The summed E-state index contributed by atoms with van der Waals surface area (Å²) >= 11 is 1.74. The van der Waals surface area contributed by atoms with Crippen molar-refractivity contribution < 1.29 is 14.3 Å². The lowest BCUT2D eigenvalue weighted by molar-refractivity contribution is -0.136. The molecule has 7 heteroatoms. The van der Waals surface area contributed by atoms with Crippen molar-refractivity contribution in [3.63, 3.8) is 0 Å². The maximum atomic E-state index is 13.5. The van der Waals surface area contributed by atoms with E-state index in [0.717, 1.165) is 24.2 Å². The summed E-state index contributed by atoms with van der Waals surface area (Å²) in [6.07, 6.45) is 1.62. The van der Waals surface area contributed by atoms with Gasteiger partial charge >= 0.3 is 6.03 Å². The Morgan fingerprint density at radius 3 is 2.47 bits per heavy atom. The van der Waals surface area contributed by atoms with E-state index < -0.39 is 0 Å². The summed E-state index contributed by atoms with van der Waals surface area (Å²) in [5.74, 6) is 1.23. The molecule has 6 nitrogen and oxygen atoms in total. The first-order valence-electron chi connectivity index (χ1n) is 12.4. The average Bonchev–Trinajstić information content (AvgIpc) is 3.29. The number of urea groups is 1. The summed E-state index contributed by atoms with van der Waals surface area (Å²) in [4.78, 5) is 31.2. The molecule has 186 valence electrons. The number of carbonyl (C=O) groups is 2. The molecule has 3 amide bonds. The molecule has 2 unspecified atom stereocenters. The van der Waals surface area contributed by atoms with Crippen molar-refractivity contribution in [1.29, 1.82) is 0 Å². The van der Waals surface area contributed by atoms with Gasteiger partial charge in [-0.05, 0) is 74.2 Å². The molecule has 0 fully saturated rings. The zero-order chi connectivity index (χ0) is 24.8. The Balaban J connectivity index is 1.76. The van der Waals surface area contributed by atoms with Crippen LogP contribution in [0, 0.1) is 0 Å². The molecule has 0 saturated heterocycles. The van der Waals surface area contributed by atoms with Crippen molar-refractivity contribution in [2.45, 2.75) is 78.4 Å². The van der Waals surface area contributed by atoms with Crippen LogP contribution in [0.15, 0.2) is 35.7 Å². The van der Waals surface area contributed by atoms with Crippen molar-refractivity contribution in [2.24, 2.45) is 0 Å². The normalized spacial score (nSPS) is 16.4. The second-order valence-electron chi connectivity index (χ2n) is 9.68. The Hall–Kier alpha value is -2.54. The minimum Gasteiger partial charge on any atom is -0.491 e. The molecule has 0 spiro atoms. The van der Waals surface area contributed by atoms with Crippen LogP contribution in [-0.4, -0.2) is 53.5 Å². The van der Waals surface area contributed by atoms with Gasteiger partial charge in [0.2, 0.25) is 5.91 Å². The number of fused-ring (bicyclic) bond motifs is 1. The number of ether oxygens (including phenoxy) is 1. The van der Waals surface area contributed by atoms with Gasteiger partial charge in [0, 0.05) is 23.5 Å². The average molecular weight is 486 g/mol. The minimum atomic E-state index is -0.191. The van der Waals surface area contributed by atoms with Gasteiger partial charge in [-0.3, -0.25) is 4.79 Å². The number of nitrogens with zero attached hydrogens (tertiary/aromatic N) is 2. The highest BCUT2D eigenvalue weighted by molar-refractivity contribution is 7.10. The first-order valence-corrected chi connectivity index (χ1v) is 13.2. The largest absolute Gasteiger partial charge is 0.491 e. The summed E-state index contributed by atoms with van der Waals surface area (Å²) in [6, 6.07) is 9.92. The molecule has 1 aromatic heterocycles. The van der Waals surface area contributed by atoms with E-state index in [1.54, 1.807) is 16.2 Å². The van der Waals surface area contributed by atoms with Gasteiger partial charge in [0.25, 0.3) is 0 Å². The Bertz CT molecular complexity index is 954. The summed E-state index contributed by atoms with van der Waals surface area (Å²) in [5.41, 5.74) is 2.43. The van der Waals surface area contributed by atoms with Gasteiger partial charge in [0.05, 0.1) is 6.04 Å². The second kappa shape index (κ2) is 11.7. The molecular formula is C27H39N3O3S. The van der Waals surface area contributed by atoms with Gasteiger partial charge < -0.3 is 19.9 Å². The number of amides is 3. The Morgan fingerprint density at radius 1 is 1.15 bits per heavy atom. The zero-order valence-electron chi connectivity index (χ0n) is 21.3. The lowest BCUT2D eigenvalue weighted by Gasteiger charge is -2.38. The first kappa shape index (κ1) is 26.1. The van der Waals surface area contributed by atoms with E-state index in [1.165, 1.54) is 10.4 Å². The van der Waals surface area contributed by atoms with Gasteiger partial charge in [-0.25, -0.2) is 4.79 Å². The molecule has 1 aliphatic rings. The quantitative estimate of drug-likeness (QED) is 0.503. The molecule has 0 radical (unpaired) electrons. The van der Waals surface area contributed by atoms with Crippen molar-refractivity contribution in [2.75, 3.05) is 19.7 Å². The van der Waals surface area contributed by atoms with Gasteiger partial charge in [0.15, 0.2) is 0 Å². The van der Waals surface area contributed by atoms with Crippen LogP contribution >= 0.6 is 11.3 Å². The van der Waals surface area contributed by atoms with Gasteiger partial charge in [-0.1, -0.05) is 32.9 Å². The standard InChI is InChI=1S/C27H39N3O3S/c1-7-20(6)30(27(32)28-19(4)5)16-26(31)29-14-12-25-23(13-15-34-25)24(29)17-33-22-10-8-21(9-11-22)18(2)3/h8-11,13,15,18-20,24H,7,12,14,16-17H2,1-6H3,(H,28,32). The van der Waals surface area contributed by atoms with Crippen LogP contribution in [0.4, 0.5) is 4.79 Å². The molecule has 1 aliphatic heterocycles. The molecule has 2 aromatic rings. The first-order chi connectivity index (χ1) is 16.2. The number of hydrogen-bond acceptors (Lipinski definition) is 4. The predicted octanol–water partition coefficient (Wildman–Crippen LogP) is 5.59. The molecular weight excluding hydrogens is 446 g/mol. The van der Waals surface area contributed by atoms with Crippen LogP contribution in [-0.2, 0) is 11.2 Å². The third kappa shape index (κ3) is 6.32. The van der Waals surface area contributed by atoms with Crippen LogP contribution in [0.25, 0.3) is 0 Å². The molecule has 2 atom stereocenters. The third-order valence-electron chi connectivity index (χ3n) is 6.47. The second-order valence-corrected chi connectivity index (χ2v) is 10.7. The van der Waals surface area contributed by atoms with Crippen molar-refractivity contribution in [3.05, 3.63) is 51.7 Å².